The van der Waals surface area contributed by atoms with Crippen LogP contribution in [-0.4, -0.2) is 51.7 Å². The highest BCUT2D eigenvalue weighted by molar-refractivity contribution is 5.98. The monoisotopic (exact) mass is 290 g/mol. The Labute approximate surface area is 122 Å². The van der Waals surface area contributed by atoms with E-state index in [2.05, 4.69) is 4.98 Å². The number of likely N-dealkylation sites (tertiary alicyclic amines) is 1. The second kappa shape index (κ2) is 6.99. The summed E-state index contributed by atoms with van der Waals surface area (Å²) in [6, 6.07) is 1.60. The predicted octanol–water partition coefficient (Wildman–Crippen LogP) is 1.02. The second-order valence-corrected chi connectivity index (χ2v) is 5.05. The molecule has 0 atom stereocenters. The highest BCUT2D eigenvalue weighted by Gasteiger charge is 2.24. The van der Waals surface area contributed by atoms with Crippen LogP contribution in [0.1, 0.15) is 28.8 Å². The number of aromatic nitrogens is 1. The molecule has 1 aromatic heterocycles. The number of pyridine rings is 1. The first-order valence-corrected chi connectivity index (χ1v) is 6.87. The molecule has 112 valence electrons. The first-order chi connectivity index (χ1) is 10.1. The average molecular weight is 290 g/mol. The molecular formula is C15H18N2O4. The van der Waals surface area contributed by atoms with Crippen molar-refractivity contribution < 1.29 is 19.8 Å². The minimum Gasteiger partial charge on any atom is -0.478 e. The van der Waals surface area contributed by atoms with Gasteiger partial charge in [0.1, 0.15) is 0 Å². The molecule has 2 heterocycles. The lowest BCUT2D eigenvalue weighted by molar-refractivity contribution is -0.131. The topological polar surface area (TPSA) is 90.7 Å². The molecule has 2 N–H and O–H groups in total. The summed E-state index contributed by atoms with van der Waals surface area (Å²) in [4.78, 5) is 28.8. The van der Waals surface area contributed by atoms with Gasteiger partial charge in [-0.3, -0.25) is 9.78 Å². The fraction of sp³-hybridized carbons (Fsp3) is 0.400. The molecule has 1 amide bonds. The van der Waals surface area contributed by atoms with Crippen LogP contribution in [0.5, 0.6) is 0 Å². The molecule has 0 spiro atoms. The number of carbonyl (C=O) groups is 2. The zero-order valence-electron chi connectivity index (χ0n) is 11.6. The predicted molar refractivity (Wildman–Crippen MR) is 76.6 cm³/mol. The Morgan fingerprint density at radius 3 is 2.71 bits per heavy atom. The van der Waals surface area contributed by atoms with Crippen molar-refractivity contribution in [3.05, 3.63) is 35.7 Å². The minimum absolute atomic E-state index is 0.126. The number of amides is 1. The molecule has 0 aliphatic carbocycles. The van der Waals surface area contributed by atoms with Gasteiger partial charge in [-0.1, -0.05) is 0 Å². The number of rotatable bonds is 4. The molecule has 6 nitrogen and oxygen atoms in total. The number of carboxylic acid groups (broad SMARTS) is 1. The molecule has 1 aliphatic heterocycles. The summed E-state index contributed by atoms with van der Waals surface area (Å²) in [7, 11) is 0. The Balaban J connectivity index is 2.14. The van der Waals surface area contributed by atoms with Crippen LogP contribution in [0, 0.1) is 5.92 Å². The highest BCUT2D eigenvalue weighted by atomic mass is 16.4. The minimum atomic E-state index is -1.07. The Kier molecular flexibility index (Phi) is 5.05. The number of piperidine rings is 1. The summed E-state index contributed by atoms with van der Waals surface area (Å²) < 4.78 is 0. The van der Waals surface area contributed by atoms with Crippen molar-refractivity contribution in [1.82, 2.24) is 9.88 Å². The summed E-state index contributed by atoms with van der Waals surface area (Å²) in [5, 5.41) is 17.8. The van der Waals surface area contributed by atoms with Crippen molar-refractivity contribution >= 4 is 18.0 Å². The first kappa shape index (κ1) is 15.2. The van der Waals surface area contributed by atoms with Gasteiger partial charge < -0.3 is 15.1 Å². The molecular weight excluding hydrogens is 272 g/mol. The summed E-state index contributed by atoms with van der Waals surface area (Å²) in [5.74, 6) is -0.933. The number of carbonyl (C=O) groups excluding carboxylic acids is 1. The summed E-state index contributed by atoms with van der Waals surface area (Å²) in [5.41, 5.74) is 0.944. The average Bonchev–Trinajstić information content (AvgIpc) is 2.52. The van der Waals surface area contributed by atoms with E-state index in [4.69, 9.17) is 10.2 Å². The maximum Gasteiger partial charge on any atom is 0.328 e. The van der Waals surface area contributed by atoms with Crippen molar-refractivity contribution in [2.45, 2.75) is 12.8 Å². The maximum absolute atomic E-state index is 12.5. The quantitative estimate of drug-likeness (QED) is 0.808. The first-order valence-electron chi connectivity index (χ1n) is 6.87. The third-order valence-electron chi connectivity index (χ3n) is 3.65. The lowest BCUT2D eigenvalue weighted by Gasteiger charge is -2.31. The maximum atomic E-state index is 12.5. The van der Waals surface area contributed by atoms with E-state index in [1.54, 1.807) is 11.0 Å². The molecule has 1 aliphatic rings. The molecule has 1 aromatic rings. The summed E-state index contributed by atoms with van der Waals surface area (Å²) in [6.45, 7) is 1.37. The van der Waals surface area contributed by atoms with Crippen molar-refractivity contribution in [3.63, 3.8) is 0 Å². The van der Waals surface area contributed by atoms with Crippen LogP contribution < -0.4 is 0 Å². The molecule has 1 fully saturated rings. The number of aliphatic hydroxyl groups excluding tert-OH is 1. The van der Waals surface area contributed by atoms with Crippen molar-refractivity contribution in [1.29, 1.82) is 0 Å². The van der Waals surface area contributed by atoms with E-state index in [1.165, 1.54) is 18.5 Å². The van der Waals surface area contributed by atoms with Gasteiger partial charge >= 0.3 is 5.97 Å². The lowest BCUT2D eigenvalue weighted by atomic mass is 9.97. The molecule has 0 bridgehead atoms. The molecule has 0 radical (unpaired) electrons. The number of nitrogens with zero attached hydrogens (tertiary/aromatic N) is 2. The Morgan fingerprint density at radius 1 is 1.38 bits per heavy atom. The van der Waals surface area contributed by atoms with E-state index >= 15 is 0 Å². The Bertz CT molecular complexity index is 548. The third kappa shape index (κ3) is 3.88. The smallest absolute Gasteiger partial charge is 0.328 e. The number of aliphatic hydroxyl groups is 1. The van der Waals surface area contributed by atoms with Crippen LogP contribution in [0.2, 0.25) is 0 Å². The molecule has 21 heavy (non-hydrogen) atoms. The van der Waals surface area contributed by atoms with Crippen LogP contribution in [0.15, 0.2) is 24.5 Å². The van der Waals surface area contributed by atoms with Gasteiger partial charge in [0.05, 0.1) is 0 Å². The van der Waals surface area contributed by atoms with Crippen LogP contribution in [0.4, 0.5) is 0 Å². The molecule has 2 rings (SSSR count). The molecule has 6 heteroatoms. The van der Waals surface area contributed by atoms with Crippen molar-refractivity contribution in [2.75, 3.05) is 19.7 Å². The van der Waals surface area contributed by atoms with Crippen molar-refractivity contribution in [2.24, 2.45) is 5.92 Å². The van der Waals surface area contributed by atoms with Gasteiger partial charge in [0.25, 0.3) is 5.91 Å². The van der Waals surface area contributed by atoms with Crippen LogP contribution in [0.3, 0.4) is 0 Å². The van der Waals surface area contributed by atoms with Crippen LogP contribution >= 0.6 is 0 Å². The van der Waals surface area contributed by atoms with E-state index in [9.17, 15) is 9.59 Å². The third-order valence-corrected chi connectivity index (χ3v) is 3.65. The fourth-order valence-electron chi connectivity index (χ4n) is 2.38. The van der Waals surface area contributed by atoms with Gasteiger partial charge in [-0.15, -0.1) is 0 Å². The van der Waals surface area contributed by atoms with Gasteiger partial charge in [-0.05, 0) is 30.9 Å². The SMILES string of the molecule is O=C(O)C=Cc1cnccc1C(=O)N1CCC(CO)CC1. The molecule has 0 aromatic carbocycles. The Hall–Kier alpha value is -2.21. The van der Waals surface area contributed by atoms with Gasteiger partial charge in [0.15, 0.2) is 0 Å². The molecule has 0 unspecified atom stereocenters. The zero-order valence-corrected chi connectivity index (χ0v) is 11.6. The van der Waals surface area contributed by atoms with E-state index in [0.29, 0.717) is 24.2 Å². The van der Waals surface area contributed by atoms with E-state index in [0.717, 1.165) is 18.9 Å². The summed E-state index contributed by atoms with van der Waals surface area (Å²) >= 11 is 0. The van der Waals surface area contributed by atoms with Crippen LogP contribution in [0.25, 0.3) is 6.08 Å². The standard InChI is InChI=1S/C15H18N2O4/c18-10-11-4-7-17(8-5-11)15(21)13-3-6-16-9-12(13)1-2-14(19)20/h1-3,6,9,11,18H,4-5,7-8,10H2,(H,19,20). The van der Waals surface area contributed by atoms with Crippen LogP contribution in [-0.2, 0) is 4.79 Å². The second-order valence-electron chi connectivity index (χ2n) is 5.05. The van der Waals surface area contributed by atoms with E-state index < -0.39 is 5.97 Å². The number of hydrogen-bond acceptors (Lipinski definition) is 4. The van der Waals surface area contributed by atoms with E-state index in [-0.39, 0.29) is 18.4 Å². The zero-order chi connectivity index (χ0) is 15.2. The summed E-state index contributed by atoms with van der Waals surface area (Å²) in [6.07, 6.45) is 6.94. The molecule has 0 saturated carbocycles. The lowest BCUT2D eigenvalue weighted by Crippen LogP contribution is -2.39. The number of aliphatic carboxylic acids is 1. The molecule has 1 saturated heterocycles. The van der Waals surface area contributed by atoms with E-state index in [1.807, 2.05) is 0 Å². The van der Waals surface area contributed by atoms with Gasteiger partial charge in [-0.25, -0.2) is 4.79 Å². The largest absolute Gasteiger partial charge is 0.478 e. The number of carboxylic acids is 1. The van der Waals surface area contributed by atoms with Gasteiger partial charge in [-0.2, -0.15) is 0 Å². The Morgan fingerprint density at radius 2 is 2.10 bits per heavy atom. The van der Waals surface area contributed by atoms with Gasteiger partial charge in [0.2, 0.25) is 0 Å². The fourth-order valence-corrected chi connectivity index (χ4v) is 2.38. The highest BCUT2D eigenvalue weighted by Crippen LogP contribution is 2.20. The normalized spacial score (nSPS) is 16.3. The number of hydrogen-bond donors (Lipinski definition) is 2. The van der Waals surface area contributed by atoms with Crippen molar-refractivity contribution in [3.8, 4) is 0 Å². The van der Waals surface area contributed by atoms with Gasteiger partial charge in [0, 0.05) is 49.3 Å².